The lowest BCUT2D eigenvalue weighted by Crippen LogP contribution is -2.32. The van der Waals surface area contributed by atoms with Crippen LogP contribution in [0.3, 0.4) is 0 Å². The smallest absolute Gasteiger partial charge is 0.257 e. The number of carbonyl (C=O) groups is 1. The molecule has 0 aromatic carbocycles. The van der Waals surface area contributed by atoms with Gasteiger partial charge in [0, 0.05) is 25.8 Å². The molecule has 0 unspecified atom stereocenters. The zero-order valence-corrected chi connectivity index (χ0v) is 12.3. The van der Waals surface area contributed by atoms with Gasteiger partial charge < -0.3 is 10.2 Å². The number of unbranched alkanes of at least 4 members (excludes halogenated alkanes) is 1. The van der Waals surface area contributed by atoms with Crippen molar-refractivity contribution in [2.75, 3.05) is 25.0 Å². The monoisotopic (exact) mass is 263 g/mol. The number of amides is 1. The highest BCUT2D eigenvalue weighted by Crippen LogP contribution is 2.14. The largest absolute Gasteiger partial charge is 0.369 e. The third kappa shape index (κ3) is 4.54. The van der Waals surface area contributed by atoms with Gasteiger partial charge in [-0.25, -0.2) is 4.98 Å². The summed E-state index contributed by atoms with van der Waals surface area (Å²) in [6, 6.07) is 3.67. The minimum atomic E-state index is 0.0719. The average molecular weight is 263 g/mol. The van der Waals surface area contributed by atoms with E-state index in [4.69, 9.17) is 0 Å². The molecule has 4 heteroatoms. The molecule has 0 spiro atoms. The average Bonchev–Trinajstić information content (AvgIpc) is 2.46. The van der Waals surface area contributed by atoms with Crippen LogP contribution in [-0.2, 0) is 0 Å². The van der Waals surface area contributed by atoms with Crippen LogP contribution < -0.4 is 5.32 Å². The Morgan fingerprint density at radius 2 is 2.11 bits per heavy atom. The lowest BCUT2D eigenvalue weighted by atomic mass is 10.2. The lowest BCUT2D eigenvalue weighted by Gasteiger charge is -2.21. The summed E-state index contributed by atoms with van der Waals surface area (Å²) in [5, 5.41) is 3.22. The summed E-state index contributed by atoms with van der Waals surface area (Å²) in [6.07, 6.45) is 4.87. The van der Waals surface area contributed by atoms with Crippen LogP contribution in [0.1, 0.15) is 50.4 Å². The van der Waals surface area contributed by atoms with Crippen LogP contribution in [0, 0.1) is 0 Å². The molecule has 0 bridgehead atoms. The van der Waals surface area contributed by atoms with Gasteiger partial charge in [0.05, 0.1) is 5.56 Å². The Labute approximate surface area is 116 Å². The first kappa shape index (κ1) is 15.5. The molecule has 4 nitrogen and oxygen atoms in total. The van der Waals surface area contributed by atoms with Crippen molar-refractivity contribution in [3.63, 3.8) is 0 Å². The van der Waals surface area contributed by atoms with Gasteiger partial charge in [-0.15, -0.1) is 0 Å². The topological polar surface area (TPSA) is 45.2 Å². The molecule has 19 heavy (non-hydrogen) atoms. The summed E-state index contributed by atoms with van der Waals surface area (Å²) >= 11 is 0. The van der Waals surface area contributed by atoms with Crippen LogP contribution in [0.4, 0.5) is 5.82 Å². The summed E-state index contributed by atoms with van der Waals surface area (Å²) in [4.78, 5) is 18.7. The number of nitrogens with zero attached hydrogens (tertiary/aromatic N) is 2. The quantitative estimate of drug-likeness (QED) is 0.783. The maximum atomic E-state index is 12.5. The number of rotatable bonds is 8. The van der Waals surface area contributed by atoms with E-state index in [1.54, 1.807) is 6.20 Å². The van der Waals surface area contributed by atoms with Gasteiger partial charge in [0.2, 0.25) is 0 Å². The first-order valence-corrected chi connectivity index (χ1v) is 7.22. The van der Waals surface area contributed by atoms with E-state index in [0.29, 0.717) is 11.4 Å². The van der Waals surface area contributed by atoms with Gasteiger partial charge in [-0.3, -0.25) is 4.79 Å². The van der Waals surface area contributed by atoms with Crippen molar-refractivity contribution in [1.29, 1.82) is 0 Å². The minimum Gasteiger partial charge on any atom is -0.369 e. The summed E-state index contributed by atoms with van der Waals surface area (Å²) < 4.78 is 0. The Kier molecular flexibility index (Phi) is 6.93. The second kappa shape index (κ2) is 8.51. The van der Waals surface area contributed by atoms with E-state index in [0.717, 1.165) is 38.9 Å². The van der Waals surface area contributed by atoms with Crippen molar-refractivity contribution >= 4 is 11.7 Å². The lowest BCUT2D eigenvalue weighted by molar-refractivity contribution is 0.0763. The van der Waals surface area contributed by atoms with Crippen LogP contribution in [0.5, 0.6) is 0 Å². The summed E-state index contributed by atoms with van der Waals surface area (Å²) in [7, 11) is 0. The van der Waals surface area contributed by atoms with E-state index in [-0.39, 0.29) is 5.91 Å². The number of hydrogen-bond acceptors (Lipinski definition) is 3. The van der Waals surface area contributed by atoms with Crippen molar-refractivity contribution < 1.29 is 4.79 Å². The van der Waals surface area contributed by atoms with Gasteiger partial charge in [-0.05, 0) is 31.9 Å². The molecule has 0 radical (unpaired) electrons. The standard InChI is InChI=1S/C15H25N3O/c1-4-7-12-18(6-3)15(19)13-9-8-11-17-14(13)16-10-5-2/h8-9,11H,4-7,10,12H2,1-3H3,(H,16,17). The summed E-state index contributed by atoms with van der Waals surface area (Å²) in [5.41, 5.74) is 0.675. The van der Waals surface area contributed by atoms with E-state index in [2.05, 4.69) is 24.1 Å². The molecule has 0 aliphatic rings. The van der Waals surface area contributed by atoms with Crippen LogP contribution in [-0.4, -0.2) is 35.4 Å². The van der Waals surface area contributed by atoms with Crippen LogP contribution in [0.15, 0.2) is 18.3 Å². The third-order valence-electron chi connectivity index (χ3n) is 3.03. The molecule has 0 aliphatic heterocycles. The van der Waals surface area contributed by atoms with Gasteiger partial charge in [0.15, 0.2) is 0 Å². The maximum Gasteiger partial charge on any atom is 0.257 e. The fraction of sp³-hybridized carbons (Fsp3) is 0.600. The highest BCUT2D eigenvalue weighted by Gasteiger charge is 2.17. The second-order valence-electron chi connectivity index (χ2n) is 4.56. The molecule has 106 valence electrons. The molecule has 1 amide bonds. The first-order chi connectivity index (χ1) is 9.24. The number of aromatic nitrogens is 1. The maximum absolute atomic E-state index is 12.5. The molecule has 0 fully saturated rings. The molecule has 0 saturated heterocycles. The molecule has 1 aromatic rings. The van der Waals surface area contributed by atoms with Gasteiger partial charge in [-0.2, -0.15) is 0 Å². The number of nitrogens with one attached hydrogen (secondary N) is 1. The van der Waals surface area contributed by atoms with E-state index < -0.39 is 0 Å². The van der Waals surface area contributed by atoms with Gasteiger partial charge >= 0.3 is 0 Å². The molecule has 0 atom stereocenters. The van der Waals surface area contributed by atoms with Crippen LogP contribution in [0.25, 0.3) is 0 Å². The number of pyridine rings is 1. The fourth-order valence-corrected chi connectivity index (χ4v) is 1.88. The van der Waals surface area contributed by atoms with Crippen LogP contribution >= 0.6 is 0 Å². The van der Waals surface area contributed by atoms with E-state index in [1.165, 1.54) is 0 Å². The molecule has 1 N–H and O–H groups in total. The first-order valence-electron chi connectivity index (χ1n) is 7.22. The van der Waals surface area contributed by atoms with Crippen molar-refractivity contribution in [2.45, 2.75) is 40.0 Å². The number of hydrogen-bond donors (Lipinski definition) is 1. The SMILES string of the molecule is CCCCN(CC)C(=O)c1cccnc1NCCC. The Bertz CT molecular complexity index is 393. The van der Waals surface area contributed by atoms with Crippen molar-refractivity contribution in [3.8, 4) is 0 Å². The minimum absolute atomic E-state index is 0.0719. The number of carbonyl (C=O) groups excluding carboxylic acids is 1. The van der Waals surface area contributed by atoms with E-state index >= 15 is 0 Å². The van der Waals surface area contributed by atoms with Gasteiger partial charge in [0.1, 0.15) is 5.82 Å². The van der Waals surface area contributed by atoms with E-state index in [1.807, 2.05) is 24.0 Å². The Morgan fingerprint density at radius 1 is 1.32 bits per heavy atom. The Balaban J connectivity index is 2.84. The normalized spacial score (nSPS) is 10.3. The predicted molar refractivity (Wildman–Crippen MR) is 79.5 cm³/mol. The number of anilines is 1. The summed E-state index contributed by atoms with van der Waals surface area (Å²) in [6.45, 7) is 8.63. The zero-order chi connectivity index (χ0) is 14.1. The van der Waals surface area contributed by atoms with Crippen molar-refractivity contribution in [2.24, 2.45) is 0 Å². The molecular formula is C15H25N3O. The third-order valence-corrected chi connectivity index (χ3v) is 3.03. The molecule has 1 rings (SSSR count). The predicted octanol–water partition coefficient (Wildman–Crippen LogP) is 3.17. The molecule has 0 saturated carbocycles. The zero-order valence-electron chi connectivity index (χ0n) is 12.3. The Hall–Kier alpha value is -1.58. The second-order valence-corrected chi connectivity index (χ2v) is 4.56. The van der Waals surface area contributed by atoms with Gasteiger partial charge in [0.25, 0.3) is 5.91 Å². The Morgan fingerprint density at radius 3 is 2.74 bits per heavy atom. The highest BCUT2D eigenvalue weighted by molar-refractivity contribution is 5.98. The highest BCUT2D eigenvalue weighted by atomic mass is 16.2. The molecular weight excluding hydrogens is 238 g/mol. The molecule has 1 aromatic heterocycles. The van der Waals surface area contributed by atoms with Crippen molar-refractivity contribution in [3.05, 3.63) is 23.9 Å². The van der Waals surface area contributed by atoms with E-state index in [9.17, 15) is 4.79 Å². The molecule has 1 heterocycles. The van der Waals surface area contributed by atoms with Gasteiger partial charge in [-0.1, -0.05) is 20.3 Å². The van der Waals surface area contributed by atoms with Crippen LogP contribution in [0.2, 0.25) is 0 Å². The van der Waals surface area contributed by atoms with Crippen molar-refractivity contribution in [1.82, 2.24) is 9.88 Å². The fourth-order valence-electron chi connectivity index (χ4n) is 1.88. The summed E-state index contributed by atoms with van der Waals surface area (Å²) in [5.74, 6) is 0.770. The molecule has 0 aliphatic carbocycles.